The van der Waals surface area contributed by atoms with E-state index in [1.54, 1.807) is 13.0 Å². The molecule has 2 aromatic rings. The predicted molar refractivity (Wildman–Crippen MR) is 99.8 cm³/mol. The molecule has 0 bridgehead atoms. The zero-order valence-corrected chi connectivity index (χ0v) is 15.3. The molecule has 2 amide bonds. The van der Waals surface area contributed by atoms with Gasteiger partial charge in [-0.1, -0.05) is 18.2 Å². The number of rotatable bonds is 5. The number of esters is 1. The lowest BCUT2D eigenvalue weighted by molar-refractivity contribution is -0.145. The van der Waals surface area contributed by atoms with Crippen LogP contribution in [0.5, 0.6) is 0 Å². The van der Waals surface area contributed by atoms with Crippen LogP contribution in [-0.4, -0.2) is 39.7 Å². The van der Waals surface area contributed by atoms with Crippen LogP contribution >= 0.6 is 11.8 Å². The average Bonchev–Trinajstić information content (AvgIpc) is 3.16. The highest BCUT2D eigenvalue weighted by molar-refractivity contribution is 8.18. The van der Waals surface area contributed by atoms with Crippen LogP contribution in [0.3, 0.4) is 0 Å². The van der Waals surface area contributed by atoms with E-state index in [1.165, 1.54) is 0 Å². The molecule has 1 aliphatic rings. The number of hydrogen-bond donors (Lipinski definition) is 0. The van der Waals surface area contributed by atoms with E-state index in [9.17, 15) is 14.4 Å². The summed E-state index contributed by atoms with van der Waals surface area (Å²) < 4.78 is 6.77. The number of hydrogen-bond acceptors (Lipinski definition) is 5. The van der Waals surface area contributed by atoms with Gasteiger partial charge in [0.2, 0.25) is 0 Å². The first kappa shape index (κ1) is 18.0. The van der Waals surface area contributed by atoms with Crippen LogP contribution in [0.25, 0.3) is 11.8 Å². The fourth-order valence-corrected chi connectivity index (χ4v) is 3.49. The number of amides is 2. The van der Waals surface area contributed by atoms with Crippen LogP contribution < -0.4 is 0 Å². The number of carbonyl (C=O) groups is 3. The number of benzene rings is 1. The lowest BCUT2D eigenvalue weighted by Crippen LogP contribution is -2.34. The fourth-order valence-electron chi connectivity index (χ4n) is 2.67. The monoisotopic (exact) mass is 370 g/mol. The second-order valence-electron chi connectivity index (χ2n) is 5.66. The summed E-state index contributed by atoms with van der Waals surface area (Å²) in [5.74, 6) is -1.08. The zero-order valence-electron chi connectivity index (χ0n) is 14.5. The molecule has 0 radical (unpaired) electrons. The number of carbonyl (C=O) groups excluding carboxylic acids is 3. The number of imide groups is 1. The van der Waals surface area contributed by atoms with E-state index in [2.05, 4.69) is 0 Å². The van der Waals surface area contributed by atoms with Gasteiger partial charge >= 0.3 is 5.97 Å². The Morgan fingerprint density at radius 2 is 1.96 bits per heavy atom. The summed E-state index contributed by atoms with van der Waals surface area (Å²) >= 11 is 0.826. The van der Waals surface area contributed by atoms with Gasteiger partial charge in [0.05, 0.1) is 11.5 Å². The van der Waals surface area contributed by atoms with Crippen molar-refractivity contribution in [2.45, 2.75) is 13.8 Å². The number of ether oxygens (including phenoxy) is 1. The topological polar surface area (TPSA) is 68.6 Å². The van der Waals surface area contributed by atoms with Crippen molar-refractivity contribution in [1.82, 2.24) is 9.47 Å². The third-order valence-corrected chi connectivity index (χ3v) is 4.81. The van der Waals surface area contributed by atoms with Gasteiger partial charge < -0.3 is 9.30 Å². The van der Waals surface area contributed by atoms with Crippen molar-refractivity contribution in [3.8, 4) is 5.69 Å². The van der Waals surface area contributed by atoms with Crippen LogP contribution in [0.1, 0.15) is 18.2 Å². The Morgan fingerprint density at radius 3 is 2.69 bits per heavy atom. The van der Waals surface area contributed by atoms with Crippen molar-refractivity contribution in [2.75, 3.05) is 13.2 Å². The summed E-state index contributed by atoms with van der Waals surface area (Å²) in [7, 11) is 0. The Balaban J connectivity index is 1.87. The van der Waals surface area contributed by atoms with Crippen LogP contribution in [0.4, 0.5) is 4.79 Å². The predicted octanol–water partition coefficient (Wildman–Crippen LogP) is 3.39. The molecular formula is C19H18N2O4S. The van der Waals surface area contributed by atoms with E-state index in [0.29, 0.717) is 0 Å². The van der Waals surface area contributed by atoms with Gasteiger partial charge in [-0.05, 0) is 55.4 Å². The number of aromatic nitrogens is 1. The summed E-state index contributed by atoms with van der Waals surface area (Å²) in [6.07, 6.45) is 3.57. The molecule has 0 unspecified atom stereocenters. The maximum atomic E-state index is 12.5. The van der Waals surface area contributed by atoms with Crippen LogP contribution in [0, 0.1) is 6.92 Å². The summed E-state index contributed by atoms with van der Waals surface area (Å²) in [6, 6.07) is 11.6. The van der Waals surface area contributed by atoms with E-state index in [-0.39, 0.29) is 18.1 Å². The zero-order chi connectivity index (χ0) is 18.7. The highest BCUT2D eigenvalue weighted by atomic mass is 32.2. The molecule has 1 aromatic heterocycles. The molecule has 7 heteroatoms. The molecule has 1 saturated heterocycles. The first-order valence-corrected chi connectivity index (χ1v) is 8.97. The van der Waals surface area contributed by atoms with E-state index in [1.807, 2.05) is 54.1 Å². The van der Waals surface area contributed by atoms with Gasteiger partial charge in [-0.3, -0.25) is 19.3 Å². The van der Waals surface area contributed by atoms with Crippen LogP contribution in [-0.2, 0) is 14.3 Å². The Morgan fingerprint density at radius 1 is 1.19 bits per heavy atom. The lowest BCUT2D eigenvalue weighted by Gasteiger charge is -2.11. The summed E-state index contributed by atoms with van der Waals surface area (Å²) in [5.41, 5.74) is 2.87. The highest BCUT2D eigenvalue weighted by Crippen LogP contribution is 2.32. The highest BCUT2D eigenvalue weighted by Gasteiger charge is 2.36. The summed E-state index contributed by atoms with van der Waals surface area (Å²) in [5, 5.41) is -0.469. The van der Waals surface area contributed by atoms with Crippen molar-refractivity contribution < 1.29 is 19.1 Å². The van der Waals surface area contributed by atoms with E-state index in [0.717, 1.165) is 33.6 Å². The summed E-state index contributed by atoms with van der Waals surface area (Å²) in [4.78, 5) is 37.4. The van der Waals surface area contributed by atoms with Gasteiger partial charge in [-0.2, -0.15) is 0 Å². The first-order chi connectivity index (χ1) is 12.5. The number of para-hydroxylation sites is 1. The Bertz CT molecular complexity index is 900. The third kappa shape index (κ3) is 3.57. The normalized spacial score (nSPS) is 15.8. The molecule has 134 valence electrons. The molecular weight excluding hydrogens is 352 g/mol. The van der Waals surface area contributed by atoms with Crippen LogP contribution in [0.2, 0.25) is 0 Å². The minimum atomic E-state index is -0.598. The molecule has 0 atom stereocenters. The Kier molecular flexibility index (Phi) is 5.27. The average molecular weight is 370 g/mol. The molecule has 0 saturated carbocycles. The molecule has 3 rings (SSSR count). The van der Waals surface area contributed by atoms with Crippen molar-refractivity contribution in [3.05, 3.63) is 58.8 Å². The minimum Gasteiger partial charge on any atom is -0.465 e. The lowest BCUT2D eigenvalue weighted by atomic mass is 10.2. The van der Waals surface area contributed by atoms with Crippen LogP contribution in [0.15, 0.2) is 47.5 Å². The molecule has 0 N–H and O–H groups in total. The second kappa shape index (κ2) is 7.61. The van der Waals surface area contributed by atoms with Gasteiger partial charge in [0, 0.05) is 17.6 Å². The van der Waals surface area contributed by atoms with E-state index in [4.69, 9.17) is 4.74 Å². The van der Waals surface area contributed by atoms with Gasteiger partial charge in [-0.15, -0.1) is 0 Å². The second-order valence-corrected chi connectivity index (χ2v) is 6.66. The molecule has 1 aromatic carbocycles. The molecule has 1 fully saturated rings. The quantitative estimate of drug-likeness (QED) is 0.596. The molecule has 26 heavy (non-hydrogen) atoms. The number of thioether (sulfide) groups is 1. The maximum absolute atomic E-state index is 12.5. The van der Waals surface area contributed by atoms with Gasteiger partial charge in [0.1, 0.15) is 6.54 Å². The van der Waals surface area contributed by atoms with Gasteiger partial charge in [0.25, 0.3) is 11.1 Å². The smallest absolute Gasteiger partial charge is 0.326 e. The molecule has 0 aliphatic carbocycles. The largest absolute Gasteiger partial charge is 0.465 e. The molecule has 2 heterocycles. The van der Waals surface area contributed by atoms with Gasteiger partial charge in [-0.25, -0.2) is 0 Å². The Labute approximate surface area is 155 Å². The van der Waals surface area contributed by atoms with E-state index < -0.39 is 17.1 Å². The number of aryl methyl sites for hydroxylation is 1. The number of nitrogens with zero attached hydrogens (tertiary/aromatic N) is 2. The first-order valence-electron chi connectivity index (χ1n) is 8.15. The SMILES string of the molecule is CCOC(=O)CN1C(=O)SC(=Cc2cccn2-c2ccccc2C)C1=O. The summed E-state index contributed by atoms with van der Waals surface area (Å²) in [6.45, 7) is 3.52. The van der Waals surface area contributed by atoms with Crippen molar-refractivity contribution in [2.24, 2.45) is 0 Å². The third-order valence-electron chi connectivity index (χ3n) is 3.90. The Hall–Kier alpha value is -2.80. The van der Waals surface area contributed by atoms with Crippen molar-refractivity contribution >= 4 is 35.0 Å². The maximum Gasteiger partial charge on any atom is 0.326 e. The fraction of sp³-hybridized carbons (Fsp3) is 0.211. The minimum absolute atomic E-state index is 0.203. The van der Waals surface area contributed by atoms with E-state index >= 15 is 0 Å². The standard InChI is InChI=1S/C19H18N2O4S/c1-3-25-17(22)12-21-18(23)16(26-19(21)24)11-14-8-6-10-20(14)15-9-5-4-7-13(15)2/h4-11H,3,12H2,1-2H3. The van der Waals surface area contributed by atoms with Crippen molar-refractivity contribution in [1.29, 1.82) is 0 Å². The van der Waals surface area contributed by atoms with Gasteiger partial charge in [0.15, 0.2) is 0 Å². The molecule has 0 spiro atoms. The molecule has 1 aliphatic heterocycles. The molecule has 6 nitrogen and oxygen atoms in total. The van der Waals surface area contributed by atoms with Crippen molar-refractivity contribution in [3.63, 3.8) is 0 Å².